The van der Waals surface area contributed by atoms with Gasteiger partial charge in [0.25, 0.3) is 5.91 Å². The van der Waals surface area contributed by atoms with E-state index in [0.717, 1.165) is 22.9 Å². The molecule has 2 aromatic rings. The molecule has 0 radical (unpaired) electrons. The molecule has 7 nitrogen and oxygen atoms in total. The number of nitrogens with two attached hydrogens (primary N) is 1. The molecule has 0 bridgehead atoms. The number of oxazole rings is 1. The first-order chi connectivity index (χ1) is 12.0. The molecule has 3 rings (SSSR count). The van der Waals surface area contributed by atoms with E-state index in [1.165, 1.54) is 11.3 Å². The number of nitrogens with zero attached hydrogens (tertiary/aromatic N) is 3. The van der Waals surface area contributed by atoms with Crippen LogP contribution in [-0.2, 0) is 24.3 Å². The van der Waals surface area contributed by atoms with Gasteiger partial charge in [-0.15, -0.1) is 11.3 Å². The van der Waals surface area contributed by atoms with Crippen molar-refractivity contribution in [3.63, 3.8) is 0 Å². The van der Waals surface area contributed by atoms with Gasteiger partial charge in [0.05, 0.1) is 12.6 Å². The van der Waals surface area contributed by atoms with Crippen molar-refractivity contribution in [2.75, 3.05) is 13.7 Å². The van der Waals surface area contributed by atoms with Crippen molar-refractivity contribution in [3.8, 4) is 0 Å². The van der Waals surface area contributed by atoms with Gasteiger partial charge >= 0.3 is 0 Å². The SMILES string of the molecule is COCc1nc2c(o1)CCN(C(=O)c1csc([C@@H](N)CC(C)C)n1)C2. The van der Waals surface area contributed by atoms with Crippen molar-refractivity contribution in [2.24, 2.45) is 11.7 Å². The average molecular weight is 364 g/mol. The third-order valence-electron chi connectivity index (χ3n) is 4.11. The number of aromatic nitrogens is 2. The minimum Gasteiger partial charge on any atom is -0.443 e. The second-order valence-corrected chi connectivity index (χ2v) is 7.58. The molecule has 1 amide bonds. The van der Waals surface area contributed by atoms with Crippen molar-refractivity contribution < 1.29 is 13.9 Å². The molecule has 0 unspecified atom stereocenters. The summed E-state index contributed by atoms with van der Waals surface area (Å²) in [5.41, 5.74) is 7.44. The Morgan fingerprint density at radius 1 is 1.48 bits per heavy atom. The topological polar surface area (TPSA) is 94.5 Å². The maximum Gasteiger partial charge on any atom is 0.273 e. The molecule has 25 heavy (non-hydrogen) atoms. The molecule has 2 N–H and O–H groups in total. The van der Waals surface area contributed by atoms with Gasteiger partial charge in [0.1, 0.15) is 28.8 Å². The zero-order valence-electron chi connectivity index (χ0n) is 14.8. The van der Waals surface area contributed by atoms with Crippen molar-refractivity contribution in [1.82, 2.24) is 14.9 Å². The minimum atomic E-state index is -0.119. The normalized spacial score (nSPS) is 15.5. The van der Waals surface area contributed by atoms with Crippen LogP contribution in [-0.4, -0.2) is 34.4 Å². The summed E-state index contributed by atoms with van der Waals surface area (Å²) in [4.78, 5) is 23.4. The van der Waals surface area contributed by atoms with E-state index in [4.69, 9.17) is 14.9 Å². The van der Waals surface area contributed by atoms with Gasteiger partial charge in [-0.3, -0.25) is 4.79 Å². The highest BCUT2D eigenvalue weighted by atomic mass is 32.1. The van der Waals surface area contributed by atoms with Crippen LogP contribution in [0.2, 0.25) is 0 Å². The van der Waals surface area contributed by atoms with Gasteiger partial charge in [-0.05, 0) is 12.3 Å². The Labute approximate surface area is 151 Å². The summed E-state index contributed by atoms with van der Waals surface area (Å²) in [7, 11) is 1.60. The molecular formula is C17H24N4O3S. The fourth-order valence-corrected chi connectivity index (χ4v) is 3.75. The van der Waals surface area contributed by atoms with Gasteiger partial charge in [-0.1, -0.05) is 13.8 Å². The number of ether oxygens (including phenoxy) is 1. The lowest BCUT2D eigenvalue weighted by Crippen LogP contribution is -2.36. The Balaban J connectivity index is 1.68. The summed E-state index contributed by atoms with van der Waals surface area (Å²) >= 11 is 1.45. The highest BCUT2D eigenvalue weighted by molar-refractivity contribution is 7.09. The number of amides is 1. The Hall–Kier alpha value is -1.77. The molecule has 0 fully saturated rings. The van der Waals surface area contributed by atoms with Crippen LogP contribution in [0.5, 0.6) is 0 Å². The van der Waals surface area contributed by atoms with Crippen LogP contribution in [0, 0.1) is 5.92 Å². The standard InChI is InChI=1S/C17H24N4O3S/c1-10(2)6-11(18)16-20-13(9-25-16)17(22)21-5-4-14-12(7-21)19-15(24-14)8-23-3/h9-11H,4-8,18H2,1-3H3/t11-/m0/s1. The Morgan fingerprint density at radius 2 is 2.28 bits per heavy atom. The van der Waals surface area contributed by atoms with Crippen molar-refractivity contribution in [2.45, 2.75) is 45.9 Å². The summed E-state index contributed by atoms with van der Waals surface area (Å²) in [6.07, 6.45) is 1.51. The van der Waals surface area contributed by atoms with E-state index in [-0.39, 0.29) is 11.9 Å². The number of thiazole rings is 1. The molecule has 1 aliphatic heterocycles. The molecule has 8 heteroatoms. The van der Waals surface area contributed by atoms with Gasteiger partial charge in [-0.2, -0.15) is 0 Å². The Morgan fingerprint density at radius 3 is 3.00 bits per heavy atom. The first-order valence-electron chi connectivity index (χ1n) is 8.44. The van der Waals surface area contributed by atoms with Gasteiger partial charge in [0.2, 0.25) is 5.89 Å². The first kappa shape index (κ1) is 18.0. The maximum absolute atomic E-state index is 12.7. The number of hydrogen-bond acceptors (Lipinski definition) is 7. The number of carbonyl (C=O) groups excluding carboxylic acids is 1. The average Bonchev–Trinajstić information content (AvgIpc) is 3.19. The lowest BCUT2D eigenvalue weighted by atomic mass is 10.1. The molecule has 1 atom stereocenters. The van der Waals surface area contributed by atoms with Crippen molar-refractivity contribution >= 4 is 17.2 Å². The molecule has 1 aliphatic rings. The van der Waals surface area contributed by atoms with E-state index in [9.17, 15) is 4.79 Å². The smallest absolute Gasteiger partial charge is 0.273 e. The predicted octanol–water partition coefficient (Wildman–Crippen LogP) is 2.52. The van der Waals surface area contributed by atoms with Crippen LogP contribution in [0.15, 0.2) is 9.80 Å². The monoisotopic (exact) mass is 364 g/mol. The third-order valence-corrected chi connectivity index (χ3v) is 5.09. The minimum absolute atomic E-state index is 0.0822. The lowest BCUT2D eigenvalue weighted by Gasteiger charge is -2.24. The first-order valence-corrected chi connectivity index (χ1v) is 9.32. The third kappa shape index (κ3) is 4.08. The molecule has 0 saturated heterocycles. The predicted molar refractivity (Wildman–Crippen MR) is 94.2 cm³/mol. The Kier molecular flexibility index (Phi) is 5.51. The highest BCUT2D eigenvalue weighted by Crippen LogP contribution is 2.25. The van der Waals surface area contributed by atoms with Crippen LogP contribution < -0.4 is 5.73 Å². The van der Waals surface area contributed by atoms with Crippen LogP contribution in [0.1, 0.15) is 59.2 Å². The second-order valence-electron chi connectivity index (χ2n) is 6.69. The molecule has 0 aliphatic carbocycles. The van der Waals surface area contributed by atoms with Gasteiger partial charge in [0, 0.05) is 25.5 Å². The second kappa shape index (κ2) is 7.63. The molecule has 0 saturated carbocycles. The fourth-order valence-electron chi connectivity index (χ4n) is 2.94. The number of methoxy groups -OCH3 is 1. The van der Waals surface area contributed by atoms with Gasteiger partial charge < -0.3 is 19.8 Å². The molecule has 0 spiro atoms. The largest absolute Gasteiger partial charge is 0.443 e. The van der Waals surface area contributed by atoms with E-state index in [0.29, 0.717) is 43.6 Å². The van der Waals surface area contributed by atoms with E-state index in [2.05, 4.69) is 23.8 Å². The van der Waals surface area contributed by atoms with Crippen LogP contribution in [0.4, 0.5) is 0 Å². The highest BCUT2D eigenvalue weighted by Gasteiger charge is 2.27. The van der Waals surface area contributed by atoms with E-state index in [1.54, 1.807) is 17.4 Å². The maximum atomic E-state index is 12.7. The van der Waals surface area contributed by atoms with E-state index >= 15 is 0 Å². The quantitative estimate of drug-likeness (QED) is 0.846. The molecule has 2 aromatic heterocycles. The zero-order valence-corrected chi connectivity index (χ0v) is 15.6. The lowest BCUT2D eigenvalue weighted by molar-refractivity contribution is 0.0722. The van der Waals surface area contributed by atoms with Crippen molar-refractivity contribution in [3.05, 3.63) is 33.4 Å². The molecule has 136 valence electrons. The summed E-state index contributed by atoms with van der Waals surface area (Å²) in [6, 6.07) is -0.119. The van der Waals surface area contributed by atoms with E-state index in [1.807, 2.05) is 0 Å². The summed E-state index contributed by atoms with van der Waals surface area (Å²) in [5.74, 6) is 1.81. The van der Waals surface area contributed by atoms with E-state index < -0.39 is 0 Å². The van der Waals surface area contributed by atoms with Crippen LogP contribution in [0.3, 0.4) is 0 Å². The van der Waals surface area contributed by atoms with Crippen LogP contribution >= 0.6 is 11.3 Å². The van der Waals surface area contributed by atoms with Gasteiger partial charge in [0.15, 0.2) is 0 Å². The van der Waals surface area contributed by atoms with Gasteiger partial charge in [-0.25, -0.2) is 9.97 Å². The Bertz CT molecular complexity index is 740. The molecule has 3 heterocycles. The number of hydrogen-bond donors (Lipinski definition) is 1. The number of carbonyl (C=O) groups is 1. The fraction of sp³-hybridized carbons (Fsp3) is 0.588. The number of fused-ring (bicyclic) bond motifs is 1. The molecular weight excluding hydrogens is 340 g/mol. The number of rotatable bonds is 6. The molecule has 0 aromatic carbocycles. The summed E-state index contributed by atoms with van der Waals surface area (Å²) < 4.78 is 10.7. The summed E-state index contributed by atoms with van der Waals surface area (Å²) in [5, 5.41) is 2.62. The summed E-state index contributed by atoms with van der Waals surface area (Å²) in [6.45, 7) is 5.62. The zero-order chi connectivity index (χ0) is 18.0. The van der Waals surface area contributed by atoms with Crippen LogP contribution in [0.25, 0.3) is 0 Å². The van der Waals surface area contributed by atoms with Crippen molar-refractivity contribution in [1.29, 1.82) is 0 Å².